The molecule has 3 N–H and O–H groups in total. The average Bonchev–Trinajstić information content (AvgIpc) is 3.48. The first-order chi connectivity index (χ1) is 19.5. The Labute approximate surface area is 250 Å². The summed E-state index contributed by atoms with van der Waals surface area (Å²) in [6.45, 7) is 0. The second kappa shape index (κ2) is 12.8. The minimum atomic E-state index is -3.87. The molecule has 1 atom stereocenters. The molecule has 0 bridgehead atoms. The highest BCUT2D eigenvalue weighted by Crippen LogP contribution is 2.38. The van der Waals surface area contributed by atoms with E-state index in [2.05, 4.69) is 10.0 Å². The molecule has 9 nitrogen and oxygen atoms in total. The number of sulfonamides is 1. The number of hydrogen-bond donors (Lipinski definition) is 3. The van der Waals surface area contributed by atoms with Gasteiger partial charge in [-0.2, -0.15) is 0 Å². The van der Waals surface area contributed by atoms with Crippen molar-refractivity contribution in [2.45, 2.75) is 16.7 Å². The van der Waals surface area contributed by atoms with Crippen molar-refractivity contribution in [3.05, 3.63) is 93.3 Å². The number of ether oxygens (including phenoxy) is 2. The van der Waals surface area contributed by atoms with E-state index in [4.69, 9.17) is 32.7 Å². The maximum Gasteiger partial charge on any atom is 0.326 e. The quantitative estimate of drug-likeness (QED) is 0.185. The number of rotatable bonds is 11. The normalized spacial score (nSPS) is 11.9. The van der Waals surface area contributed by atoms with Crippen molar-refractivity contribution in [2.75, 3.05) is 18.9 Å². The van der Waals surface area contributed by atoms with Gasteiger partial charge in [-0.25, -0.2) is 13.2 Å². The Kier molecular flexibility index (Phi) is 9.44. The molecule has 0 fully saturated rings. The van der Waals surface area contributed by atoms with Crippen molar-refractivity contribution in [2.24, 2.45) is 0 Å². The molecule has 1 heterocycles. The lowest BCUT2D eigenvalue weighted by molar-refractivity contribution is -0.139. The van der Waals surface area contributed by atoms with Crippen molar-refractivity contribution in [3.63, 3.8) is 0 Å². The first-order valence-corrected chi connectivity index (χ1v) is 15.0. The molecule has 1 aromatic heterocycles. The number of aliphatic carboxylic acids is 1. The molecule has 214 valence electrons. The summed E-state index contributed by atoms with van der Waals surface area (Å²) in [7, 11) is -0.756. The largest absolute Gasteiger partial charge is 0.496 e. The van der Waals surface area contributed by atoms with Crippen LogP contribution >= 0.6 is 34.5 Å². The van der Waals surface area contributed by atoms with Crippen LogP contribution in [0.5, 0.6) is 11.5 Å². The maximum absolute atomic E-state index is 13.0. The van der Waals surface area contributed by atoms with E-state index in [0.717, 1.165) is 22.5 Å². The van der Waals surface area contributed by atoms with Crippen molar-refractivity contribution in [1.82, 2.24) is 5.32 Å². The summed E-state index contributed by atoms with van der Waals surface area (Å²) < 4.78 is 38.4. The third kappa shape index (κ3) is 6.94. The molecule has 0 saturated carbocycles. The standard InChI is InChI=1S/C28H24Cl2N2O7S2/c1-38-22-5-3-6-23(39-2)25(22)17-10-8-16(9-11-17)13-21(28(34)35)31-27(33)26-19(29)14-18(15-20(26)30)32-41(36,37)24-7-4-12-40-24/h3-12,14-15,21,32H,13H2,1-2H3,(H,31,33)(H,34,35)/t21-/m0/s1. The molecule has 0 radical (unpaired) electrons. The molecule has 0 unspecified atom stereocenters. The third-order valence-electron chi connectivity index (χ3n) is 5.99. The number of carbonyl (C=O) groups excluding carboxylic acids is 1. The minimum absolute atomic E-state index is 0.0294. The van der Waals surface area contributed by atoms with Crippen LogP contribution < -0.4 is 19.5 Å². The smallest absolute Gasteiger partial charge is 0.326 e. The number of anilines is 1. The van der Waals surface area contributed by atoms with Crippen molar-refractivity contribution in [1.29, 1.82) is 0 Å². The molecule has 0 aliphatic carbocycles. The molecule has 4 rings (SSSR count). The number of hydrogen-bond acceptors (Lipinski definition) is 7. The van der Waals surface area contributed by atoms with Crippen LogP contribution in [0.3, 0.4) is 0 Å². The van der Waals surface area contributed by atoms with E-state index in [0.29, 0.717) is 17.1 Å². The van der Waals surface area contributed by atoms with Gasteiger partial charge in [0.05, 0.1) is 41.1 Å². The molecule has 13 heteroatoms. The fourth-order valence-electron chi connectivity index (χ4n) is 4.08. The Balaban J connectivity index is 1.51. The molecule has 0 aliphatic heterocycles. The van der Waals surface area contributed by atoms with Crippen LogP contribution in [0.15, 0.2) is 76.3 Å². The predicted octanol–water partition coefficient (Wildman–Crippen LogP) is 5.97. The van der Waals surface area contributed by atoms with Crippen LogP contribution in [0.2, 0.25) is 10.0 Å². The highest BCUT2D eigenvalue weighted by Gasteiger charge is 2.25. The van der Waals surface area contributed by atoms with Gasteiger partial charge < -0.3 is 19.9 Å². The molecular formula is C28H24Cl2N2O7S2. The first-order valence-electron chi connectivity index (χ1n) is 11.9. The van der Waals surface area contributed by atoms with Crippen LogP contribution in [0.4, 0.5) is 5.69 Å². The van der Waals surface area contributed by atoms with E-state index >= 15 is 0 Å². The number of carboxylic acid groups (broad SMARTS) is 1. The maximum atomic E-state index is 13.0. The van der Waals surface area contributed by atoms with Gasteiger partial charge in [0.1, 0.15) is 21.8 Å². The van der Waals surface area contributed by atoms with Crippen molar-refractivity contribution >= 4 is 62.1 Å². The second-order valence-electron chi connectivity index (χ2n) is 8.66. The zero-order valence-electron chi connectivity index (χ0n) is 21.7. The van der Waals surface area contributed by atoms with Gasteiger partial charge in [-0.05, 0) is 46.8 Å². The summed E-state index contributed by atoms with van der Waals surface area (Å²) in [4.78, 5) is 25.1. The average molecular weight is 636 g/mol. The van der Waals surface area contributed by atoms with E-state index in [1.54, 1.807) is 49.9 Å². The summed E-state index contributed by atoms with van der Waals surface area (Å²) in [6.07, 6.45) is -0.0294. The van der Waals surface area contributed by atoms with E-state index in [9.17, 15) is 23.1 Å². The molecular weight excluding hydrogens is 611 g/mol. The number of benzene rings is 3. The topological polar surface area (TPSA) is 131 Å². The van der Waals surface area contributed by atoms with Gasteiger partial charge in [0.15, 0.2) is 0 Å². The summed E-state index contributed by atoms with van der Waals surface area (Å²) in [5.74, 6) is -0.851. The molecule has 3 aromatic carbocycles. The summed E-state index contributed by atoms with van der Waals surface area (Å²) in [6, 6.07) is 16.7. The SMILES string of the molecule is COc1cccc(OC)c1-c1ccc(C[C@H](NC(=O)c2c(Cl)cc(NS(=O)(=O)c3cccs3)cc2Cl)C(=O)O)cc1. The number of methoxy groups -OCH3 is 2. The summed E-state index contributed by atoms with van der Waals surface area (Å²) >= 11 is 13.6. The van der Waals surface area contributed by atoms with Gasteiger partial charge in [0.2, 0.25) is 0 Å². The number of carboxylic acids is 1. The Hall–Kier alpha value is -3.77. The Morgan fingerprint density at radius 3 is 2.07 bits per heavy atom. The molecule has 0 saturated heterocycles. The van der Waals surface area contributed by atoms with Gasteiger partial charge in [-0.1, -0.05) is 59.6 Å². The molecule has 4 aromatic rings. The van der Waals surface area contributed by atoms with Gasteiger partial charge in [-0.15, -0.1) is 11.3 Å². The Bertz CT molecular complexity index is 1630. The van der Waals surface area contributed by atoms with Gasteiger partial charge in [0.25, 0.3) is 15.9 Å². The number of nitrogens with one attached hydrogen (secondary N) is 2. The lowest BCUT2D eigenvalue weighted by Gasteiger charge is -2.17. The second-order valence-corrected chi connectivity index (χ2v) is 12.3. The van der Waals surface area contributed by atoms with Crippen LogP contribution in [-0.2, 0) is 21.2 Å². The van der Waals surface area contributed by atoms with E-state index in [1.165, 1.54) is 18.2 Å². The Morgan fingerprint density at radius 2 is 1.56 bits per heavy atom. The molecule has 1 amide bonds. The third-order valence-corrected chi connectivity index (χ3v) is 9.37. The summed E-state index contributed by atoms with van der Waals surface area (Å²) in [5.41, 5.74) is 2.06. The van der Waals surface area contributed by atoms with Crippen LogP contribution in [-0.4, -0.2) is 45.7 Å². The Morgan fingerprint density at radius 1 is 0.951 bits per heavy atom. The number of thiophene rings is 1. The molecule has 0 spiro atoms. The van der Waals surface area contributed by atoms with Crippen LogP contribution in [0, 0.1) is 0 Å². The van der Waals surface area contributed by atoms with Crippen LogP contribution in [0.1, 0.15) is 15.9 Å². The van der Waals surface area contributed by atoms with Crippen molar-refractivity contribution in [3.8, 4) is 22.6 Å². The van der Waals surface area contributed by atoms with Crippen molar-refractivity contribution < 1.29 is 32.6 Å². The van der Waals surface area contributed by atoms with E-state index < -0.39 is 27.9 Å². The van der Waals surface area contributed by atoms with E-state index in [-0.39, 0.29) is 31.9 Å². The fraction of sp³-hybridized carbons (Fsp3) is 0.143. The van der Waals surface area contributed by atoms with E-state index in [1.807, 2.05) is 18.2 Å². The van der Waals surface area contributed by atoms with Gasteiger partial charge in [-0.3, -0.25) is 9.52 Å². The predicted molar refractivity (Wildman–Crippen MR) is 159 cm³/mol. The highest BCUT2D eigenvalue weighted by atomic mass is 35.5. The number of amides is 1. The van der Waals surface area contributed by atoms with Gasteiger partial charge >= 0.3 is 5.97 Å². The monoisotopic (exact) mass is 634 g/mol. The lowest BCUT2D eigenvalue weighted by atomic mass is 9.99. The molecule has 41 heavy (non-hydrogen) atoms. The number of halogens is 2. The zero-order chi connectivity index (χ0) is 29.7. The number of carbonyl (C=O) groups is 2. The summed E-state index contributed by atoms with van der Waals surface area (Å²) in [5, 5.41) is 13.6. The zero-order valence-corrected chi connectivity index (χ0v) is 24.8. The fourth-order valence-corrected chi connectivity index (χ4v) is 6.77. The van der Waals surface area contributed by atoms with Crippen LogP contribution in [0.25, 0.3) is 11.1 Å². The highest BCUT2D eigenvalue weighted by molar-refractivity contribution is 7.94. The van der Waals surface area contributed by atoms with Gasteiger partial charge in [0, 0.05) is 6.42 Å². The minimum Gasteiger partial charge on any atom is -0.496 e. The lowest BCUT2D eigenvalue weighted by Crippen LogP contribution is -2.42. The molecule has 0 aliphatic rings. The first kappa shape index (κ1) is 30.2.